The van der Waals surface area contributed by atoms with Gasteiger partial charge in [0.25, 0.3) is 10.1 Å². The Morgan fingerprint density at radius 2 is 1.72 bits per heavy atom. The molecule has 5 heteroatoms. The van der Waals surface area contributed by atoms with Crippen LogP contribution in [0.4, 0.5) is 0 Å². The number of hydrogen-bond acceptors (Lipinski definition) is 3. The predicted octanol–water partition coefficient (Wildman–Crippen LogP) is 2.32. The number of benzene rings is 1. The van der Waals surface area contributed by atoms with Gasteiger partial charge in [-0.1, -0.05) is 49.1 Å². The maximum absolute atomic E-state index is 10.6. The lowest BCUT2D eigenvalue weighted by Crippen LogP contribution is -2.20. The van der Waals surface area contributed by atoms with E-state index in [0.29, 0.717) is 11.3 Å². The average Bonchev–Trinajstić information content (AvgIpc) is 2.30. The molecule has 1 aliphatic rings. The van der Waals surface area contributed by atoms with Crippen molar-refractivity contribution in [3.05, 3.63) is 66.8 Å². The molecule has 0 heterocycles. The number of phenolic OH excluding ortho intramolecular Hbond substituents is 1. The van der Waals surface area contributed by atoms with Crippen LogP contribution in [-0.2, 0) is 10.1 Å². The van der Waals surface area contributed by atoms with Crippen LogP contribution in [0.25, 0.3) is 0 Å². The van der Waals surface area contributed by atoms with Gasteiger partial charge in [-0.25, -0.2) is 0 Å². The fourth-order valence-corrected chi connectivity index (χ4v) is 2.03. The van der Waals surface area contributed by atoms with Gasteiger partial charge in [-0.15, -0.1) is 0 Å². The fourth-order valence-electron chi connectivity index (χ4n) is 1.28. The molecular formula is C13H14O4S. The van der Waals surface area contributed by atoms with Crippen molar-refractivity contribution in [3.8, 4) is 5.75 Å². The molecule has 1 aromatic carbocycles. The van der Waals surface area contributed by atoms with E-state index in [-0.39, 0.29) is 0 Å². The second-order valence-electron chi connectivity index (χ2n) is 3.59. The first kappa shape index (κ1) is 14.2. The molecule has 0 fully saturated rings. The summed E-state index contributed by atoms with van der Waals surface area (Å²) in [5.41, 5.74) is 0.384. The Hall–Kier alpha value is -1.85. The lowest BCUT2D eigenvalue weighted by Gasteiger charge is -2.11. The highest BCUT2D eigenvalue weighted by Crippen LogP contribution is 2.15. The molecule has 2 rings (SSSR count). The molecule has 1 aliphatic carbocycles. The second-order valence-corrected chi connectivity index (χ2v) is 5.13. The summed E-state index contributed by atoms with van der Waals surface area (Å²) in [6.07, 6.45) is 6.17. The van der Waals surface area contributed by atoms with Gasteiger partial charge in [-0.05, 0) is 17.7 Å². The lowest BCUT2D eigenvalue weighted by molar-refractivity contribution is 0.475. The molecule has 0 saturated carbocycles. The van der Waals surface area contributed by atoms with Crippen LogP contribution in [0.1, 0.15) is 0 Å². The number of para-hydroxylation sites is 1. The zero-order valence-corrected chi connectivity index (χ0v) is 10.4. The normalized spacial score (nSPS) is 18.1. The molecular weight excluding hydrogens is 252 g/mol. The lowest BCUT2D eigenvalue weighted by atomic mass is 10.1. The Morgan fingerprint density at radius 3 is 2.06 bits per heavy atom. The summed E-state index contributed by atoms with van der Waals surface area (Å²) in [7, 11) is -4.01. The molecule has 0 aliphatic heterocycles. The van der Waals surface area contributed by atoms with Crippen molar-refractivity contribution in [2.24, 2.45) is 0 Å². The predicted molar refractivity (Wildman–Crippen MR) is 70.9 cm³/mol. The summed E-state index contributed by atoms with van der Waals surface area (Å²) in [5.74, 6) is 0.322. The molecule has 0 amide bonds. The van der Waals surface area contributed by atoms with Gasteiger partial charge in [0.05, 0.1) is 0 Å². The van der Waals surface area contributed by atoms with Crippen molar-refractivity contribution in [1.29, 1.82) is 0 Å². The Morgan fingerprint density at radius 1 is 1.11 bits per heavy atom. The standard InChI is InChI=1S/C7H8O3S.C6H6O/c1-6-4-2-3-5-7(6)11(8,9)10;7-6-4-2-1-3-5-6/h2-5,7H,1H2,(H,8,9,10);1-5,7H. The molecule has 1 aromatic rings. The molecule has 0 spiro atoms. The first-order valence-corrected chi connectivity index (χ1v) is 6.65. The minimum atomic E-state index is -4.01. The molecule has 18 heavy (non-hydrogen) atoms. The fraction of sp³-hybridized carbons (Fsp3) is 0.0769. The molecule has 96 valence electrons. The summed E-state index contributed by atoms with van der Waals surface area (Å²) < 4.78 is 29.9. The molecule has 2 N–H and O–H groups in total. The summed E-state index contributed by atoms with van der Waals surface area (Å²) >= 11 is 0. The molecule has 0 aromatic heterocycles. The van der Waals surface area contributed by atoms with Gasteiger partial charge in [0.2, 0.25) is 0 Å². The van der Waals surface area contributed by atoms with Crippen molar-refractivity contribution in [3.63, 3.8) is 0 Å². The number of rotatable bonds is 1. The van der Waals surface area contributed by atoms with Gasteiger partial charge in [0.15, 0.2) is 0 Å². The Bertz CT molecular complexity index is 556. The third-order valence-corrected chi connectivity index (χ3v) is 3.25. The van der Waals surface area contributed by atoms with E-state index in [1.54, 1.807) is 42.5 Å². The van der Waals surface area contributed by atoms with Crippen LogP contribution in [0.3, 0.4) is 0 Å². The number of allylic oxidation sites excluding steroid dienone is 3. The van der Waals surface area contributed by atoms with Crippen molar-refractivity contribution in [2.75, 3.05) is 0 Å². The highest BCUT2D eigenvalue weighted by atomic mass is 32.2. The topological polar surface area (TPSA) is 74.6 Å². The third kappa shape index (κ3) is 4.57. The van der Waals surface area contributed by atoms with Crippen LogP contribution in [0, 0.1) is 0 Å². The van der Waals surface area contributed by atoms with E-state index < -0.39 is 15.4 Å². The van der Waals surface area contributed by atoms with Crippen LogP contribution in [0.2, 0.25) is 0 Å². The monoisotopic (exact) mass is 266 g/mol. The molecule has 0 radical (unpaired) electrons. The molecule has 1 atom stereocenters. The van der Waals surface area contributed by atoms with Crippen LogP contribution < -0.4 is 0 Å². The maximum atomic E-state index is 10.6. The van der Waals surface area contributed by atoms with Crippen molar-refractivity contribution in [1.82, 2.24) is 0 Å². The highest BCUT2D eigenvalue weighted by Gasteiger charge is 2.22. The van der Waals surface area contributed by atoms with E-state index in [4.69, 9.17) is 9.66 Å². The summed E-state index contributed by atoms with van der Waals surface area (Å²) in [4.78, 5) is 0. The van der Waals surface area contributed by atoms with E-state index in [1.165, 1.54) is 6.08 Å². The van der Waals surface area contributed by atoms with Crippen molar-refractivity contribution >= 4 is 10.1 Å². The Labute approximate surface area is 106 Å². The van der Waals surface area contributed by atoms with Crippen LogP contribution >= 0.6 is 0 Å². The Balaban J connectivity index is 0.000000199. The van der Waals surface area contributed by atoms with E-state index in [0.717, 1.165) is 0 Å². The van der Waals surface area contributed by atoms with Crippen LogP contribution in [-0.4, -0.2) is 23.3 Å². The maximum Gasteiger partial charge on any atom is 0.275 e. The number of hydrogen-bond donors (Lipinski definition) is 2. The smallest absolute Gasteiger partial charge is 0.275 e. The molecule has 0 saturated heterocycles. The van der Waals surface area contributed by atoms with Gasteiger partial charge in [-0.3, -0.25) is 4.55 Å². The van der Waals surface area contributed by atoms with Gasteiger partial charge < -0.3 is 5.11 Å². The summed E-state index contributed by atoms with van der Waals surface area (Å²) in [6, 6.07) is 8.71. The van der Waals surface area contributed by atoms with Gasteiger partial charge >= 0.3 is 0 Å². The van der Waals surface area contributed by atoms with Gasteiger partial charge in [0, 0.05) is 0 Å². The first-order chi connectivity index (χ1) is 8.41. The van der Waals surface area contributed by atoms with E-state index in [2.05, 4.69) is 6.58 Å². The number of aromatic hydroxyl groups is 1. The zero-order chi connectivity index (χ0) is 13.6. The third-order valence-electron chi connectivity index (χ3n) is 2.15. The van der Waals surface area contributed by atoms with Crippen LogP contribution in [0.15, 0.2) is 66.8 Å². The van der Waals surface area contributed by atoms with E-state index in [9.17, 15) is 8.42 Å². The van der Waals surface area contributed by atoms with Crippen molar-refractivity contribution in [2.45, 2.75) is 5.25 Å². The SMILES string of the molecule is C=C1C=CC=CC1S(=O)(=O)O.Oc1ccccc1. The summed E-state index contributed by atoms with van der Waals surface area (Å²) in [6.45, 7) is 3.48. The quantitative estimate of drug-likeness (QED) is 0.765. The second kappa shape index (κ2) is 6.18. The van der Waals surface area contributed by atoms with Crippen LogP contribution in [0.5, 0.6) is 5.75 Å². The minimum absolute atomic E-state index is 0.322. The largest absolute Gasteiger partial charge is 0.508 e. The van der Waals surface area contributed by atoms with E-state index in [1.807, 2.05) is 6.07 Å². The van der Waals surface area contributed by atoms with E-state index >= 15 is 0 Å². The first-order valence-electron chi connectivity index (χ1n) is 5.15. The highest BCUT2D eigenvalue weighted by molar-refractivity contribution is 7.86. The Kier molecular flexibility index (Phi) is 4.88. The van der Waals surface area contributed by atoms with Crippen molar-refractivity contribution < 1.29 is 18.1 Å². The van der Waals surface area contributed by atoms with Gasteiger partial charge in [0.1, 0.15) is 11.0 Å². The number of phenols is 1. The van der Waals surface area contributed by atoms with Gasteiger partial charge in [-0.2, -0.15) is 8.42 Å². The summed E-state index contributed by atoms with van der Waals surface area (Å²) in [5, 5.41) is 7.67. The zero-order valence-electron chi connectivity index (χ0n) is 9.60. The molecule has 4 nitrogen and oxygen atoms in total. The molecule has 0 bridgehead atoms. The minimum Gasteiger partial charge on any atom is -0.508 e. The molecule has 1 unspecified atom stereocenters. The average molecular weight is 266 g/mol.